The standard InChI is InChI=1S/C22H37N3O/c1-16(2)19-10-9-11-20(17(3)4)21(19)24-22(26)23-14-18(5)15-25-12-7-6-8-13-25/h9-11,16-18H,6-8,12-15H2,1-5H3,(H2,23,24,26). The quantitative estimate of drug-likeness (QED) is 0.705. The molecule has 0 bridgehead atoms. The molecule has 1 saturated heterocycles. The molecule has 1 heterocycles. The third kappa shape index (κ3) is 6.01. The second-order valence-corrected chi connectivity index (χ2v) is 8.42. The molecule has 4 heteroatoms. The van der Waals surface area contributed by atoms with Crippen molar-refractivity contribution in [2.45, 2.75) is 65.7 Å². The van der Waals surface area contributed by atoms with Gasteiger partial charge in [-0.2, -0.15) is 0 Å². The molecule has 146 valence electrons. The smallest absolute Gasteiger partial charge is 0.319 e. The van der Waals surface area contributed by atoms with Gasteiger partial charge < -0.3 is 15.5 Å². The topological polar surface area (TPSA) is 44.4 Å². The van der Waals surface area contributed by atoms with Crippen LogP contribution >= 0.6 is 0 Å². The molecule has 1 unspecified atom stereocenters. The molecule has 1 aliphatic rings. The molecule has 1 aliphatic heterocycles. The summed E-state index contributed by atoms with van der Waals surface area (Å²) in [5.74, 6) is 1.22. The molecule has 1 aromatic carbocycles. The van der Waals surface area contributed by atoms with Crippen LogP contribution in [-0.4, -0.2) is 37.1 Å². The number of hydrogen-bond acceptors (Lipinski definition) is 2. The molecule has 0 aliphatic carbocycles. The van der Waals surface area contributed by atoms with Crippen molar-refractivity contribution >= 4 is 11.7 Å². The van der Waals surface area contributed by atoms with Gasteiger partial charge in [-0.25, -0.2) is 4.79 Å². The summed E-state index contributed by atoms with van der Waals surface area (Å²) in [5, 5.41) is 6.21. The van der Waals surface area contributed by atoms with Gasteiger partial charge in [-0.05, 0) is 54.8 Å². The highest BCUT2D eigenvalue weighted by Crippen LogP contribution is 2.32. The van der Waals surface area contributed by atoms with Crippen LogP contribution in [0, 0.1) is 5.92 Å². The lowest BCUT2D eigenvalue weighted by Crippen LogP contribution is -2.39. The van der Waals surface area contributed by atoms with Crippen molar-refractivity contribution in [3.63, 3.8) is 0 Å². The van der Waals surface area contributed by atoms with Gasteiger partial charge >= 0.3 is 6.03 Å². The first-order valence-corrected chi connectivity index (χ1v) is 10.3. The monoisotopic (exact) mass is 359 g/mol. The largest absolute Gasteiger partial charge is 0.338 e. The maximum Gasteiger partial charge on any atom is 0.319 e. The lowest BCUT2D eigenvalue weighted by molar-refractivity contribution is 0.198. The Hall–Kier alpha value is -1.55. The number of amides is 2. The van der Waals surface area contributed by atoms with E-state index in [1.54, 1.807) is 0 Å². The number of piperidine rings is 1. The van der Waals surface area contributed by atoms with E-state index in [1.807, 2.05) is 0 Å². The van der Waals surface area contributed by atoms with Crippen LogP contribution in [0.4, 0.5) is 10.5 Å². The molecule has 4 nitrogen and oxygen atoms in total. The number of nitrogens with one attached hydrogen (secondary N) is 2. The second kappa shape index (κ2) is 9.96. The van der Waals surface area contributed by atoms with Gasteiger partial charge in [0, 0.05) is 18.8 Å². The number of benzene rings is 1. The predicted molar refractivity (Wildman–Crippen MR) is 111 cm³/mol. The van der Waals surface area contributed by atoms with Crippen molar-refractivity contribution in [1.29, 1.82) is 0 Å². The minimum absolute atomic E-state index is 0.0921. The molecule has 1 fully saturated rings. The molecule has 0 aromatic heterocycles. The fraction of sp³-hybridized carbons (Fsp3) is 0.682. The number of carbonyl (C=O) groups excluding carboxylic acids is 1. The minimum Gasteiger partial charge on any atom is -0.338 e. The van der Waals surface area contributed by atoms with Gasteiger partial charge in [0.25, 0.3) is 0 Å². The van der Waals surface area contributed by atoms with Crippen LogP contribution in [0.5, 0.6) is 0 Å². The second-order valence-electron chi connectivity index (χ2n) is 8.42. The fourth-order valence-electron chi connectivity index (χ4n) is 3.77. The Morgan fingerprint density at radius 2 is 1.58 bits per heavy atom. The molecule has 2 rings (SSSR count). The summed E-state index contributed by atoms with van der Waals surface area (Å²) >= 11 is 0. The van der Waals surface area contributed by atoms with E-state index >= 15 is 0 Å². The molecule has 1 atom stereocenters. The Kier molecular flexibility index (Phi) is 7.95. The Bertz CT molecular complexity index is 551. The van der Waals surface area contributed by atoms with E-state index in [-0.39, 0.29) is 6.03 Å². The van der Waals surface area contributed by atoms with Crippen molar-refractivity contribution in [1.82, 2.24) is 10.2 Å². The first kappa shape index (κ1) is 20.8. The number of urea groups is 1. The Labute approximate surface area is 159 Å². The third-order valence-corrected chi connectivity index (χ3v) is 5.24. The van der Waals surface area contributed by atoms with Crippen LogP contribution in [0.2, 0.25) is 0 Å². The van der Waals surface area contributed by atoms with Crippen molar-refractivity contribution in [2.24, 2.45) is 5.92 Å². The fourth-order valence-corrected chi connectivity index (χ4v) is 3.77. The first-order chi connectivity index (χ1) is 12.4. The van der Waals surface area contributed by atoms with Gasteiger partial charge in [-0.15, -0.1) is 0 Å². The summed E-state index contributed by atoms with van der Waals surface area (Å²) < 4.78 is 0. The van der Waals surface area contributed by atoms with Crippen LogP contribution in [0.3, 0.4) is 0 Å². The first-order valence-electron chi connectivity index (χ1n) is 10.3. The normalized spacial score (nSPS) is 16.7. The van der Waals surface area contributed by atoms with Crippen LogP contribution < -0.4 is 10.6 Å². The molecule has 0 saturated carbocycles. The lowest BCUT2D eigenvalue weighted by atomic mass is 9.93. The maximum atomic E-state index is 12.5. The predicted octanol–water partition coefficient (Wildman–Crippen LogP) is 5.18. The summed E-state index contributed by atoms with van der Waals surface area (Å²) in [6.07, 6.45) is 3.98. The third-order valence-electron chi connectivity index (χ3n) is 5.24. The van der Waals surface area contributed by atoms with Gasteiger partial charge in [0.1, 0.15) is 0 Å². The number of hydrogen-bond donors (Lipinski definition) is 2. The Morgan fingerprint density at radius 1 is 1.00 bits per heavy atom. The maximum absolute atomic E-state index is 12.5. The molecule has 2 amide bonds. The van der Waals surface area contributed by atoms with Crippen LogP contribution in [0.25, 0.3) is 0 Å². The van der Waals surface area contributed by atoms with E-state index in [1.165, 1.54) is 43.5 Å². The van der Waals surface area contributed by atoms with Crippen LogP contribution in [0.1, 0.15) is 76.8 Å². The summed E-state index contributed by atoms with van der Waals surface area (Å²) in [6, 6.07) is 6.23. The molecule has 0 radical (unpaired) electrons. The lowest BCUT2D eigenvalue weighted by Gasteiger charge is -2.29. The van der Waals surface area contributed by atoms with E-state index in [4.69, 9.17) is 0 Å². The van der Waals surface area contributed by atoms with Gasteiger partial charge in [0.15, 0.2) is 0 Å². The minimum atomic E-state index is -0.0921. The van der Waals surface area contributed by atoms with Crippen molar-refractivity contribution < 1.29 is 4.79 Å². The summed E-state index contributed by atoms with van der Waals surface area (Å²) in [5.41, 5.74) is 3.39. The molecular weight excluding hydrogens is 322 g/mol. The van der Waals surface area contributed by atoms with E-state index < -0.39 is 0 Å². The molecule has 2 N–H and O–H groups in total. The highest BCUT2D eigenvalue weighted by atomic mass is 16.2. The van der Waals surface area contributed by atoms with E-state index in [0.717, 1.165) is 12.2 Å². The summed E-state index contributed by atoms with van der Waals surface area (Å²) in [6.45, 7) is 15.1. The van der Waals surface area contributed by atoms with E-state index in [9.17, 15) is 4.79 Å². The number of likely N-dealkylation sites (tertiary alicyclic amines) is 1. The molecule has 26 heavy (non-hydrogen) atoms. The number of anilines is 1. The van der Waals surface area contributed by atoms with Crippen molar-refractivity contribution in [2.75, 3.05) is 31.5 Å². The highest BCUT2D eigenvalue weighted by molar-refractivity contribution is 5.91. The SMILES string of the molecule is CC(CNC(=O)Nc1c(C(C)C)cccc1C(C)C)CN1CCCCC1. The molecular formula is C22H37N3O. The Balaban J connectivity index is 1.92. The summed E-state index contributed by atoms with van der Waals surface area (Å²) in [7, 11) is 0. The van der Waals surface area contributed by atoms with Crippen LogP contribution in [0.15, 0.2) is 18.2 Å². The van der Waals surface area contributed by atoms with Gasteiger partial charge in [0.05, 0.1) is 0 Å². The van der Waals surface area contributed by atoms with Gasteiger partial charge in [-0.3, -0.25) is 0 Å². The summed E-state index contributed by atoms with van der Waals surface area (Å²) in [4.78, 5) is 15.0. The van der Waals surface area contributed by atoms with Gasteiger partial charge in [0.2, 0.25) is 0 Å². The van der Waals surface area contributed by atoms with Crippen molar-refractivity contribution in [3.05, 3.63) is 29.3 Å². The highest BCUT2D eigenvalue weighted by Gasteiger charge is 2.17. The average molecular weight is 360 g/mol. The van der Waals surface area contributed by atoms with E-state index in [0.29, 0.717) is 24.3 Å². The number of carbonyl (C=O) groups is 1. The Morgan fingerprint density at radius 3 is 2.12 bits per heavy atom. The number of para-hydroxylation sites is 1. The van der Waals surface area contributed by atoms with Gasteiger partial charge in [-0.1, -0.05) is 59.2 Å². The number of rotatable bonds is 7. The molecule has 1 aromatic rings. The zero-order valence-electron chi connectivity index (χ0n) is 17.3. The zero-order valence-corrected chi connectivity index (χ0v) is 17.3. The zero-order chi connectivity index (χ0) is 19.1. The number of nitrogens with zero attached hydrogens (tertiary/aromatic N) is 1. The molecule has 0 spiro atoms. The van der Waals surface area contributed by atoms with E-state index in [2.05, 4.69) is 68.4 Å². The van der Waals surface area contributed by atoms with Crippen molar-refractivity contribution in [3.8, 4) is 0 Å². The average Bonchev–Trinajstić information content (AvgIpc) is 2.60. The van der Waals surface area contributed by atoms with Crippen LogP contribution in [-0.2, 0) is 0 Å².